The lowest BCUT2D eigenvalue weighted by molar-refractivity contribution is -0.146. The van der Waals surface area contributed by atoms with Crippen LogP contribution < -0.4 is 10.6 Å². The van der Waals surface area contributed by atoms with Crippen LogP contribution in [0.3, 0.4) is 0 Å². The van der Waals surface area contributed by atoms with Gasteiger partial charge in [0, 0.05) is 51.6 Å². The van der Waals surface area contributed by atoms with E-state index < -0.39 is 37.1 Å². The maximum absolute atomic E-state index is 12.4. The van der Waals surface area contributed by atoms with E-state index >= 15 is 0 Å². The first-order valence-electron chi connectivity index (χ1n) is 12.0. The lowest BCUT2D eigenvalue weighted by Crippen LogP contribution is -2.58. The molecule has 2 aromatic carbocycles. The Morgan fingerprint density at radius 3 is 2.00 bits per heavy atom. The average molecular weight is 509 g/mol. The molecule has 36 heavy (non-hydrogen) atoms. The molecule has 2 aliphatic rings. The van der Waals surface area contributed by atoms with Crippen molar-refractivity contribution in [2.24, 2.45) is 0 Å². The number of benzene rings is 2. The molecule has 0 radical (unpaired) electrons. The smallest absolute Gasteiger partial charge is 0.246 e. The maximum atomic E-state index is 12.4. The van der Waals surface area contributed by atoms with Crippen molar-refractivity contribution in [2.75, 3.05) is 26.2 Å². The highest BCUT2D eigenvalue weighted by molar-refractivity contribution is 5.94. The van der Waals surface area contributed by atoms with E-state index in [1.165, 1.54) is 10.5 Å². The molecule has 2 atom stereocenters. The first kappa shape index (κ1) is 27.6. The van der Waals surface area contributed by atoms with E-state index in [-0.39, 0.29) is 25.6 Å². The number of piperazine rings is 2. The van der Waals surface area contributed by atoms with Gasteiger partial charge >= 0.3 is 0 Å². The van der Waals surface area contributed by atoms with Crippen molar-refractivity contribution in [3.8, 4) is 0 Å². The van der Waals surface area contributed by atoms with Gasteiger partial charge in [0.15, 0.2) is 0 Å². The van der Waals surface area contributed by atoms with Crippen LogP contribution in [0.2, 0.25) is 0 Å². The molecule has 0 aromatic heterocycles. The predicted molar refractivity (Wildman–Crippen MR) is 129 cm³/mol. The molecular weight excluding hydrogens is 476 g/mol. The van der Waals surface area contributed by atoms with Gasteiger partial charge in [-0.15, -0.1) is 0 Å². The zero-order valence-corrected chi connectivity index (χ0v) is 20.0. The monoisotopic (exact) mass is 508 g/mol. The van der Waals surface area contributed by atoms with Gasteiger partial charge in [0.25, 0.3) is 0 Å². The minimum atomic E-state index is -2.62. The van der Waals surface area contributed by atoms with Crippen molar-refractivity contribution >= 4 is 11.8 Å². The van der Waals surface area contributed by atoms with Crippen LogP contribution in [-0.2, 0) is 22.7 Å². The Morgan fingerprint density at radius 2 is 1.42 bits per heavy atom. The first-order valence-corrected chi connectivity index (χ1v) is 12.0. The van der Waals surface area contributed by atoms with E-state index in [1.54, 1.807) is 0 Å². The van der Waals surface area contributed by atoms with Gasteiger partial charge in [-0.3, -0.25) is 14.5 Å². The molecule has 2 aliphatic heterocycles. The second kappa shape index (κ2) is 13.9. The van der Waals surface area contributed by atoms with Crippen LogP contribution in [0.5, 0.6) is 0 Å². The Bertz CT molecular complexity index is 949. The summed E-state index contributed by atoms with van der Waals surface area (Å²) in [4.78, 5) is 27.0. The number of rotatable bonds is 8. The highest BCUT2D eigenvalue weighted by atomic mass is 19.3. The van der Waals surface area contributed by atoms with Gasteiger partial charge in [0.2, 0.25) is 24.7 Å². The molecule has 196 valence electrons. The molecule has 4 rings (SSSR count). The standard InChI is InChI=1S/C13H14F2N2O2.C13H18F2N2/c14-11(15)6-10-13(19)17(8-12(18)16-10)7-9-4-2-1-3-5-9;14-13(15)8-12-10-17(7-6-16-12)9-11-4-2-1-3-5-11/h1-5,10-11H,6-8H2,(H,16,18);1-5,12-13,16H,6-10H2. The predicted octanol–water partition coefficient (Wildman–Crippen LogP) is 3.28. The number of nitrogens with one attached hydrogen (secondary N) is 2. The molecule has 6 nitrogen and oxygen atoms in total. The molecular formula is C26H32F4N4O2. The number of hydrogen-bond donors (Lipinski definition) is 2. The van der Waals surface area contributed by atoms with Crippen LogP contribution in [0, 0.1) is 0 Å². The number of alkyl halides is 4. The third-order valence-corrected chi connectivity index (χ3v) is 5.96. The summed E-state index contributed by atoms with van der Waals surface area (Å²) in [5.74, 6) is -0.857. The Morgan fingerprint density at radius 1 is 0.833 bits per heavy atom. The minimum absolute atomic E-state index is 0.0503. The number of nitrogens with zero attached hydrogens (tertiary/aromatic N) is 2. The summed E-state index contributed by atoms with van der Waals surface area (Å²) in [6.45, 7) is 3.45. The molecule has 0 bridgehead atoms. The van der Waals surface area contributed by atoms with Gasteiger partial charge in [-0.2, -0.15) is 0 Å². The molecule has 2 unspecified atom stereocenters. The molecule has 0 saturated carbocycles. The lowest BCUT2D eigenvalue weighted by atomic mass is 10.1. The van der Waals surface area contributed by atoms with E-state index in [0.29, 0.717) is 6.54 Å². The molecule has 2 N–H and O–H groups in total. The SMILES string of the molecule is FC(F)CC1CN(Cc2ccccc2)CCN1.O=C1CN(Cc2ccccc2)C(=O)C(CC(F)F)N1. The summed E-state index contributed by atoms with van der Waals surface area (Å²) in [6.07, 6.45) is -5.53. The summed E-state index contributed by atoms with van der Waals surface area (Å²) < 4.78 is 49.3. The van der Waals surface area contributed by atoms with E-state index in [1.807, 2.05) is 48.5 Å². The molecule has 2 aromatic rings. The molecule has 2 saturated heterocycles. The summed E-state index contributed by atoms with van der Waals surface area (Å²) in [6, 6.07) is 18.1. The van der Waals surface area contributed by atoms with Gasteiger partial charge in [0.1, 0.15) is 6.04 Å². The molecule has 2 heterocycles. The maximum Gasteiger partial charge on any atom is 0.246 e. The fourth-order valence-electron chi connectivity index (χ4n) is 4.30. The van der Waals surface area contributed by atoms with Crippen LogP contribution in [0.4, 0.5) is 17.6 Å². The number of carbonyl (C=O) groups excluding carboxylic acids is 2. The van der Waals surface area contributed by atoms with E-state index in [2.05, 4.69) is 27.7 Å². The Kier molecular flexibility index (Phi) is 10.7. The van der Waals surface area contributed by atoms with Gasteiger partial charge in [-0.25, -0.2) is 17.6 Å². The molecule has 0 aliphatic carbocycles. The van der Waals surface area contributed by atoms with Crippen molar-refractivity contribution in [1.82, 2.24) is 20.4 Å². The molecule has 0 spiro atoms. The topological polar surface area (TPSA) is 64.7 Å². The minimum Gasteiger partial charge on any atom is -0.343 e. The van der Waals surface area contributed by atoms with Gasteiger partial charge in [0.05, 0.1) is 6.54 Å². The van der Waals surface area contributed by atoms with Gasteiger partial charge < -0.3 is 15.5 Å². The van der Waals surface area contributed by atoms with Crippen LogP contribution in [0.1, 0.15) is 24.0 Å². The van der Waals surface area contributed by atoms with Crippen LogP contribution in [0.15, 0.2) is 60.7 Å². The second-order valence-electron chi connectivity index (χ2n) is 8.93. The highest BCUT2D eigenvalue weighted by Crippen LogP contribution is 2.14. The molecule has 2 amide bonds. The second-order valence-corrected chi connectivity index (χ2v) is 8.93. The summed E-state index contributed by atoms with van der Waals surface area (Å²) in [5.41, 5.74) is 2.10. The van der Waals surface area contributed by atoms with E-state index in [0.717, 1.165) is 25.2 Å². The van der Waals surface area contributed by atoms with Crippen LogP contribution in [-0.4, -0.2) is 72.7 Å². The lowest BCUT2D eigenvalue weighted by Gasteiger charge is -2.33. The van der Waals surface area contributed by atoms with Crippen molar-refractivity contribution < 1.29 is 27.2 Å². The average Bonchev–Trinajstić information content (AvgIpc) is 2.83. The fourth-order valence-corrected chi connectivity index (χ4v) is 4.30. The number of halogens is 4. The van der Waals surface area contributed by atoms with Crippen molar-refractivity contribution in [3.63, 3.8) is 0 Å². The van der Waals surface area contributed by atoms with Crippen molar-refractivity contribution in [2.45, 2.75) is 50.9 Å². The quantitative estimate of drug-likeness (QED) is 0.538. The number of carbonyl (C=O) groups is 2. The van der Waals surface area contributed by atoms with Gasteiger partial charge in [-0.1, -0.05) is 60.7 Å². The first-order chi connectivity index (χ1) is 17.3. The Labute approximate surface area is 208 Å². The van der Waals surface area contributed by atoms with E-state index in [9.17, 15) is 27.2 Å². The summed E-state index contributed by atoms with van der Waals surface area (Å²) in [7, 11) is 0. The molecule has 10 heteroatoms. The van der Waals surface area contributed by atoms with Gasteiger partial charge in [-0.05, 0) is 11.1 Å². The Balaban J connectivity index is 0.000000202. The van der Waals surface area contributed by atoms with Crippen LogP contribution in [0.25, 0.3) is 0 Å². The number of hydrogen-bond acceptors (Lipinski definition) is 4. The van der Waals surface area contributed by atoms with E-state index in [4.69, 9.17) is 0 Å². The summed E-state index contributed by atoms with van der Waals surface area (Å²) in [5, 5.41) is 5.45. The third kappa shape index (κ3) is 9.23. The molecule has 2 fully saturated rings. The van der Waals surface area contributed by atoms with Crippen LogP contribution >= 0.6 is 0 Å². The van der Waals surface area contributed by atoms with Crippen molar-refractivity contribution in [3.05, 3.63) is 71.8 Å². The zero-order chi connectivity index (χ0) is 25.9. The normalized spacial score (nSPS) is 20.8. The summed E-state index contributed by atoms with van der Waals surface area (Å²) >= 11 is 0. The van der Waals surface area contributed by atoms with Crippen molar-refractivity contribution in [1.29, 1.82) is 0 Å². The highest BCUT2D eigenvalue weighted by Gasteiger charge is 2.34. The number of amides is 2. The Hall–Kier alpha value is -2.98. The zero-order valence-electron chi connectivity index (χ0n) is 20.0. The largest absolute Gasteiger partial charge is 0.343 e. The fraction of sp³-hybridized carbons (Fsp3) is 0.462. The third-order valence-electron chi connectivity index (χ3n) is 5.96.